The molecule has 3 aromatic rings. The predicted molar refractivity (Wildman–Crippen MR) is 106 cm³/mol. The van der Waals surface area contributed by atoms with Crippen LogP contribution in [-0.4, -0.2) is 30.2 Å². The minimum atomic E-state index is -0.219. The van der Waals surface area contributed by atoms with E-state index in [1.54, 1.807) is 25.4 Å². The van der Waals surface area contributed by atoms with Crippen LogP contribution in [0.3, 0.4) is 0 Å². The van der Waals surface area contributed by atoms with Gasteiger partial charge in [0.05, 0.1) is 7.11 Å². The van der Waals surface area contributed by atoms with Gasteiger partial charge in [0.2, 0.25) is 5.95 Å². The number of benzene rings is 2. The van der Waals surface area contributed by atoms with Crippen LogP contribution in [0.15, 0.2) is 60.8 Å². The van der Waals surface area contributed by atoms with E-state index in [0.29, 0.717) is 12.5 Å². The fourth-order valence-electron chi connectivity index (χ4n) is 2.64. The largest absolute Gasteiger partial charge is 0.497 e. The Labute approximate surface area is 158 Å². The van der Waals surface area contributed by atoms with Gasteiger partial charge in [0.25, 0.3) is 0 Å². The molecule has 0 aliphatic carbocycles. The Bertz CT molecular complexity index is 838. The van der Waals surface area contributed by atoms with Crippen molar-refractivity contribution in [3.8, 4) is 5.75 Å². The summed E-state index contributed by atoms with van der Waals surface area (Å²) in [4.78, 5) is 8.70. The highest BCUT2D eigenvalue weighted by molar-refractivity contribution is 5.40. The molecule has 0 amide bonds. The maximum Gasteiger partial charge on any atom is 0.224 e. The smallest absolute Gasteiger partial charge is 0.224 e. The maximum atomic E-state index is 12.9. The Kier molecular flexibility index (Phi) is 6.57. The molecule has 0 aliphatic rings. The Morgan fingerprint density at radius 3 is 2.15 bits per heavy atom. The lowest BCUT2D eigenvalue weighted by Gasteiger charge is -2.09. The van der Waals surface area contributed by atoms with Crippen molar-refractivity contribution in [1.29, 1.82) is 0 Å². The van der Waals surface area contributed by atoms with E-state index < -0.39 is 0 Å². The first-order chi connectivity index (χ1) is 13.2. The number of hydrogen-bond acceptors (Lipinski definition) is 5. The van der Waals surface area contributed by atoms with Crippen LogP contribution in [0, 0.1) is 5.82 Å². The molecule has 2 aromatic carbocycles. The minimum Gasteiger partial charge on any atom is -0.497 e. The summed E-state index contributed by atoms with van der Waals surface area (Å²) in [5, 5.41) is 6.51. The number of rotatable bonds is 9. The molecule has 0 fully saturated rings. The number of aromatic nitrogens is 2. The van der Waals surface area contributed by atoms with Gasteiger partial charge in [0.1, 0.15) is 17.4 Å². The van der Waals surface area contributed by atoms with E-state index in [1.165, 1.54) is 17.7 Å². The van der Waals surface area contributed by atoms with E-state index in [0.717, 1.165) is 36.5 Å². The third-order valence-corrected chi connectivity index (χ3v) is 4.14. The zero-order valence-electron chi connectivity index (χ0n) is 15.3. The Morgan fingerprint density at radius 2 is 1.48 bits per heavy atom. The summed E-state index contributed by atoms with van der Waals surface area (Å²) in [7, 11) is 1.66. The average Bonchev–Trinajstić information content (AvgIpc) is 2.70. The lowest BCUT2D eigenvalue weighted by atomic mass is 10.1. The summed E-state index contributed by atoms with van der Waals surface area (Å²) in [6.45, 7) is 1.46. The molecule has 0 unspecified atom stereocenters. The molecule has 0 aliphatic heterocycles. The zero-order valence-corrected chi connectivity index (χ0v) is 15.3. The second-order valence-electron chi connectivity index (χ2n) is 6.09. The fraction of sp³-hybridized carbons (Fsp3) is 0.238. The molecule has 2 N–H and O–H groups in total. The molecule has 0 saturated heterocycles. The van der Waals surface area contributed by atoms with Gasteiger partial charge in [-0.3, -0.25) is 0 Å². The van der Waals surface area contributed by atoms with E-state index in [9.17, 15) is 4.39 Å². The van der Waals surface area contributed by atoms with E-state index in [-0.39, 0.29) is 5.82 Å². The van der Waals surface area contributed by atoms with Crippen LogP contribution in [0.2, 0.25) is 0 Å². The van der Waals surface area contributed by atoms with Crippen LogP contribution in [0.25, 0.3) is 0 Å². The van der Waals surface area contributed by atoms with Gasteiger partial charge in [-0.25, -0.2) is 9.37 Å². The third kappa shape index (κ3) is 5.95. The monoisotopic (exact) mass is 366 g/mol. The highest BCUT2D eigenvalue weighted by Gasteiger charge is 2.01. The molecule has 0 spiro atoms. The van der Waals surface area contributed by atoms with Gasteiger partial charge < -0.3 is 15.4 Å². The van der Waals surface area contributed by atoms with Crippen LogP contribution in [-0.2, 0) is 12.8 Å². The van der Waals surface area contributed by atoms with Crippen molar-refractivity contribution < 1.29 is 9.13 Å². The molecule has 27 heavy (non-hydrogen) atoms. The molecule has 1 heterocycles. The Balaban J connectivity index is 1.44. The minimum absolute atomic E-state index is 0.219. The summed E-state index contributed by atoms with van der Waals surface area (Å²) in [5.74, 6) is 2.00. The number of methoxy groups -OCH3 is 1. The molecule has 0 radical (unpaired) electrons. The number of hydrogen-bond donors (Lipinski definition) is 2. The molecular weight excluding hydrogens is 343 g/mol. The number of nitrogens with zero attached hydrogens (tertiary/aromatic N) is 2. The van der Waals surface area contributed by atoms with Gasteiger partial charge >= 0.3 is 0 Å². The molecule has 140 valence electrons. The lowest BCUT2D eigenvalue weighted by Crippen LogP contribution is -2.11. The molecule has 0 bridgehead atoms. The van der Waals surface area contributed by atoms with Crippen molar-refractivity contribution in [3.05, 3.63) is 77.7 Å². The summed E-state index contributed by atoms with van der Waals surface area (Å²) < 4.78 is 18.1. The first-order valence-corrected chi connectivity index (χ1v) is 8.91. The van der Waals surface area contributed by atoms with Crippen molar-refractivity contribution in [2.75, 3.05) is 30.8 Å². The van der Waals surface area contributed by atoms with Crippen molar-refractivity contribution in [2.24, 2.45) is 0 Å². The van der Waals surface area contributed by atoms with Gasteiger partial charge in [0.15, 0.2) is 0 Å². The number of nitrogens with one attached hydrogen (secondary N) is 2. The summed E-state index contributed by atoms with van der Waals surface area (Å²) >= 11 is 0. The second kappa shape index (κ2) is 9.52. The molecule has 6 heteroatoms. The Morgan fingerprint density at radius 1 is 0.852 bits per heavy atom. The van der Waals surface area contributed by atoms with Gasteiger partial charge in [-0.15, -0.1) is 0 Å². The lowest BCUT2D eigenvalue weighted by molar-refractivity contribution is 0.414. The first-order valence-electron chi connectivity index (χ1n) is 8.91. The highest BCUT2D eigenvalue weighted by Crippen LogP contribution is 2.12. The van der Waals surface area contributed by atoms with E-state index in [2.05, 4.69) is 32.7 Å². The topological polar surface area (TPSA) is 59.1 Å². The average molecular weight is 366 g/mol. The summed E-state index contributed by atoms with van der Waals surface area (Å²) in [5.41, 5.74) is 2.30. The molecule has 5 nitrogen and oxygen atoms in total. The standard InChI is InChI=1S/C21H23FN4O/c1-27-19-8-4-17(5-9-19)10-13-23-20-12-15-25-21(26-20)24-14-11-16-2-6-18(22)7-3-16/h2-9,12,15H,10-11,13-14H2,1H3,(H2,23,24,25,26). The number of ether oxygens (including phenoxy) is 1. The van der Waals surface area contributed by atoms with Crippen molar-refractivity contribution in [1.82, 2.24) is 9.97 Å². The van der Waals surface area contributed by atoms with Crippen LogP contribution < -0.4 is 15.4 Å². The first kappa shape index (κ1) is 18.6. The molecule has 1 aromatic heterocycles. The predicted octanol–water partition coefficient (Wildman–Crippen LogP) is 3.93. The van der Waals surface area contributed by atoms with E-state index in [1.807, 2.05) is 18.2 Å². The van der Waals surface area contributed by atoms with E-state index in [4.69, 9.17) is 4.74 Å². The zero-order chi connectivity index (χ0) is 18.9. The van der Waals surface area contributed by atoms with Crippen molar-refractivity contribution in [2.45, 2.75) is 12.8 Å². The summed E-state index contributed by atoms with van der Waals surface area (Å²) in [6.07, 6.45) is 3.39. The van der Waals surface area contributed by atoms with Gasteiger partial charge in [-0.2, -0.15) is 4.98 Å². The highest BCUT2D eigenvalue weighted by atomic mass is 19.1. The van der Waals surface area contributed by atoms with Crippen LogP contribution in [0.4, 0.5) is 16.2 Å². The van der Waals surface area contributed by atoms with Gasteiger partial charge in [-0.1, -0.05) is 24.3 Å². The number of halogens is 1. The quantitative estimate of drug-likeness (QED) is 0.601. The van der Waals surface area contributed by atoms with E-state index >= 15 is 0 Å². The second-order valence-corrected chi connectivity index (χ2v) is 6.09. The van der Waals surface area contributed by atoms with Gasteiger partial charge in [-0.05, 0) is 54.3 Å². The van der Waals surface area contributed by atoms with Crippen LogP contribution in [0.1, 0.15) is 11.1 Å². The fourth-order valence-corrected chi connectivity index (χ4v) is 2.64. The number of anilines is 2. The third-order valence-electron chi connectivity index (χ3n) is 4.14. The van der Waals surface area contributed by atoms with Crippen LogP contribution >= 0.6 is 0 Å². The molecule has 0 saturated carbocycles. The molecule has 0 atom stereocenters. The van der Waals surface area contributed by atoms with Crippen molar-refractivity contribution in [3.63, 3.8) is 0 Å². The van der Waals surface area contributed by atoms with Gasteiger partial charge in [0, 0.05) is 19.3 Å². The molecule has 3 rings (SSSR count). The molecular formula is C21H23FN4O. The van der Waals surface area contributed by atoms with Crippen LogP contribution in [0.5, 0.6) is 5.75 Å². The SMILES string of the molecule is COc1ccc(CCNc2ccnc(NCCc3ccc(F)cc3)n2)cc1. The normalized spacial score (nSPS) is 10.4. The summed E-state index contributed by atoms with van der Waals surface area (Å²) in [6, 6.07) is 16.4. The van der Waals surface area contributed by atoms with Crippen molar-refractivity contribution >= 4 is 11.8 Å². The maximum absolute atomic E-state index is 12.9. The Hall–Kier alpha value is -3.15.